The van der Waals surface area contributed by atoms with E-state index in [4.69, 9.17) is 0 Å². The minimum Gasteiger partial charge on any atom is -0.309 e. The Hall–Kier alpha value is -0.0800. The van der Waals surface area contributed by atoms with Crippen LogP contribution in [0.1, 0.15) is 30.2 Å². The molecule has 1 unspecified atom stereocenters. The summed E-state index contributed by atoms with van der Waals surface area (Å²) in [5, 5.41) is 3.45. The summed E-state index contributed by atoms with van der Waals surface area (Å²) in [6.45, 7) is 4.72. The van der Waals surface area contributed by atoms with Gasteiger partial charge in [0.1, 0.15) is 4.21 Å². The van der Waals surface area contributed by atoms with Gasteiger partial charge in [-0.3, -0.25) is 0 Å². The first-order valence-electron chi connectivity index (χ1n) is 7.16. The summed E-state index contributed by atoms with van der Waals surface area (Å²) in [5.41, 5.74) is 1.07. The maximum absolute atomic E-state index is 12.7. The highest BCUT2D eigenvalue weighted by Crippen LogP contribution is 2.30. The number of aryl methyl sites for hydroxylation is 1. The summed E-state index contributed by atoms with van der Waals surface area (Å²) >= 11 is 3.06. The summed E-state index contributed by atoms with van der Waals surface area (Å²) in [6, 6.07) is 2.45. The van der Waals surface area contributed by atoms with E-state index in [1.807, 2.05) is 26.2 Å². The molecule has 0 spiro atoms. The molecule has 1 aromatic rings. The van der Waals surface area contributed by atoms with E-state index in [0.29, 0.717) is 10.3 Å². The Morgan fingerprint density at radius 3 is 2.76 bits per heavy atom. The van der Waals surface area contributed by atoms with Gasteiger partial charge in [0.05, 0.1) is 0 Å². The molecule has 1 fully saturated rings. The Morgan fingerprint density at radius 2 is 2.19 bits per heavy atom. The highest BCUT2D eigenvalue weighted by atomic mass is 32.2. The Labute approximate surface area is 136 Å². The zero-order valence-electron chi connectivity index (χ0n) is 13.0. The lowest BCUT2D eigenvalue weighted by Crippen LogP contribution is -2.36. The zero-order chi connectivity index (χ0) is 15.6. The van der Waals surface area contributed by atoms with Crippen molar-refractivity contribution in [3.8, 4) is 0 Å². The molecule has 0 aliphatic heterocycles. The van der Waals surface area contributed by atoms with Gasteiger partial charge in [0.25, 0.3) is 10.0 Å². The van der Waals surface area contributed by atoms with E-state index in [1.165, 1.54) is 28.5 Å². The molecule has 0 radical (unpaired) electrons. The Morgan fingerprint density at radius 1 is 1.52 bits per heavy atom. The van der Waals surface area contributed by atoms with Crippen molar-refractivity contribution in [3.05, 3.63) is 16.5 Å². The van der Waals surface area contributed by atoms with Crippen molar-refractivity contribution in [2.75, 3.05) is 19.1 Å². The zero-order valence-corrected chi connectivity index (χ0v) is 15.5. The van der Waals surface area contributed by atoms with Crippen LogP contribution >= 0.6 is 23.1 Å². The molecule has 0 aromatic carbocycles. The van der Waals surface area contributed by atoms with E-state index in [9.17, 15) is 8.42 Å². The van der Waals surface area contributed by atoms with Gasteiger partial charge >= 0.3 is 0 Å². The number of thioether (sulfide) groups is 1. The van der Waals surface area contributed by atoms with Crippen LogP contribution in [0, 0.1) is 6.92 Å². The fourth-order valence-electron chi connectivity index (χ4n) is 2.04. The molecule has 1 aliphatic rings. The Bertz CT molecular complexity index is 579. The molecule has 1 heterocycles. The smallest absolute Gasteiger partial charge is 0.252 e. The molecule has 21 heavy (non-hydrogen) atoms. The SMILES string of the molecule is CSCC(C)N(C)S(=O)(=O)c1cc(C)c(CNC2CC2)s1. The molecule has 7 heteroatoms. The maximum Gasteiger partial charge on any atom is 0.252 e. The van der Waals surface area contributed by atoms with Crippen LogP contribution in [0.15, 0.2) is 10.3 Å². The van der Waals surface area contributed by atoms with Crippen LogP contribution in [0.4, 0.5) is 0 Å². The largest absolute Gasteiger partial charge is 0.309 e. The van der Waals surface area contributed by atoms with E-state index in [1.54, 1.807) is 18.8 Å². The topological polar surface area (TPSA) is 49.4 Å². The van der Waals surface area contributed by atoms with Gasteiger partial charge < -0.3 is 5.32 Å². The van der Waals surface area contributed by atoms with Gasteiger partial charge in [-0.2, -0.15) is 16.1 Å². The van der Waals surface area contributed by atoms with Crippen LogP contribution in [0.2, 0.25) is 0 Å². The summed E-state index contributed by atoms with van der Waals surface area (Å²) < 4.78 is 27.3. The van der Waals surface area contributed by atoms with Gasteiger partial charge in [0.15, 0.2) is 0 Å². The number of hydrogen-bond acceptors (Lipinski definition) is 5. The minimum atomic E-state index is -3.37. The first-order chi connectivity index (χ1) is 9.86. The fourth-order valence-corrected chi connectivity index (χ4v) is 5.93. The van der Waals surface area contributed by atoms with E-state index < -0.39 is 10.0 Å². The van der Waals surface area contributed by atoms with Crippen molar-refractivity contribution in [2.24, 2.45) is 0 Å². The minimum absolute atomic E-state index is 0.000412. The summed E-state index contributed by atoms with van der Waals surface area (Å²) in [6.07, 6.45) is 4.48. The van der Waals surface area contributed by atoms with Gasteiger partial charge in [0.2, 0.25) is 0 Å². The highest BCUT2D eigenvalue weighted by molar-refractivity contribution is 7.98. The average molecular weight is 349 g/mol. The number of hydrogen-bond donors (Lipinski definition) is 1. The third-order valence-electron chi connectivity index (χ3n) is 3.79. The van der Waals surface area contributed by atoms with Gasteiger partial charge in [-0.1, -0.05) is 0 Å². The van der Waals surface area contributed by atoms with Crippen LogP contribution in [-0.2, 0) is 16.6 Å². The van der Waals surface area contributed by atoms with Crippen molar-refractivity contribution < 1.29 is 8.42 Å². The number of sulfonamides is 1. The average Bonchev–Trinajstić information content (AvgIpc) is 3.18. The number of nitrogens with zero attached hydrogens (tertiary/aromatic N) is 1. The number of thiophene rings is 1. The van der Waals surface area contributed by atoms with E-state index in [-0.39, 0.29) is 6.04 Å². The van der Waals surface area contributed by atoms with Gasteiger partial charge in [-0.25, -0.2) is 8.42 Å². The number of rotatable bonds is 8. The van der Waals surface area contributed by atoms with Crippen LogP contribution in [-0.4, -0.2) is 43.9 Å². The Kier molecular flexibility index (Phi) is 5.76. The standard InChI is InChI=1S/C14H24N2O2S3/c1-10-7-14(20-13(10)8-15-12-5-6-12)21(17,18)16(3)11(2)9-19-4/h7,11-12,15H,5-6,8-9H2,1-4H3. The quantitative estimate of drug-likeness (QED) is 0.785. The molecular formula is C14H24N2O2S3. The Balaban J connectivity index is 2.13. The summed E-state index contributed by atoms with van der Waals surface area (Å²) in [4.78, 5) is 1.13. The summed E-state index contributed by atoms with van der Waals surface area (Å²) in [7, 11) is -1.70. The monoisotopic (exact) mass is 348 g/mol. The lowest BCUT2D eigenvalue weighted by Gasteiger charge is -2.22. The lowest BCUT2D eigenvalue weighted by atomic mass is 10.3. The van der Waals surface area contributed by atoms with E-state index in [2.05, 4.69) is 5.32 Å². The molecule has 0 amide bonds. The molecule has 2 rings (SSSR count). The van der Waals surface area contributed by atoms with Gasteiger partial charge in [0, 0.05) is 36.3 Å². The second-order valence-corrected chi connectivity index (χ2v) is 9.92. The summed E-state index contributed by atoms with van der Waals surface area (Å²) in [5.74, 6) is 0.802. The predicted octanol–water partition coefficient (Wildman–Crippen LogP) is 2.68. The van der Waals surface area contributed by atoms with Crippen molar-refractivity contribution >= 4 is 33.1 Å². The van der Waals surface area contributed by atoms with E-state index in [0.717, 1.165) is 22.7 Å². The predicted molar refractivity (Wildman–Crippen MR) is 91.7 cm³/mol. The molecule has 1 N–H and O–H groups in total. The molecule has 0 saturated heterocycles. The molecule has 120 valence electrons. The molecular weight excluding hydrogens is 324 g/mol. The van der Waals surface area contributed by atoms with Crippen LogP contribution < -0.4 is 5.32 Å². The second kappa shape index (κ2) is 7.00. The first-order valence-corrected chi connectivity index (χ1v) is 10.8. The molecule has 0 bridgehead atoms. The van der Waals surface area contributed by atoms with Crippen molar-refractivity contribution in [1.29, 1.82) is 0 Å². The molecule has 1 aromatic heterocycles. The van der Waals surface area contributed by atoms with Crippen LogP contribution in [0.5, 0.6) is 0 Å². The van der Waals surface area contributed by atoms with Crippen LogP contribution in [0.3, 0.4) is 0 Å². The third-order valence-corrected chi connectivity index (χ3v) is 8.26. The molecule has 1 saturated carbocycles. The first kappa shape index (κ1) is 17.3. The maximum atomic E-state index is 12.7. The van der Waals surface area contributed by atoms with Gasteiger partial charge in [-0.05, 0) is 44.6 Å². The van der Waals surface area contributed by atoms with E-state index >= 15 is 0 Å². The lowest BCUT2D eigenvalue weighted by molar-refractivity contribution is 0.416. The molecule has 1 atom stereocenters. The van der Waals surface area contributed by atoms with Crippen molar-refractivity contribution in [3.63, 3.8) is 0 Å². The highest BCUT2D eigenvalue weighted by Gasteiger charge is 2.28. The molecule has 4 nitrogen and oxygen atoms in total. The van der Waals surface area contributed by atoms with Crippen LogP contribution in [0.25, 0.3) is 0 Å². The normalized spacial score (nSPS) is 17.4. The number of nitrogens with one attached hydrogen (secondary N) is 1. The van der Waals surface area contributed by atoms with Crippen molar-refractivity contribution in [2.45, 2.75) is 49.5 Å². The fraction of sp³-hybridized carbons (Fsp3) is 0.714. The second-order valence-electron chi connectivity index (χ2n) is 5.65. The molecule has 1 aliphatic carbocycles. The van der Waals surface area contributed by atoms with Crippen molar-refractivity contribution in [1.82, 2.24) is 9.62 Å². The third kappa shape index (κ3) is 4.22. The van der Waals surface area contributed by atoms with Gasteiger partial charge in [-0.15, -0.1) is 11.3 Å².